The molecule has 0 bridgehead atoms. The monoisotopic (exact) mass is 511 g/mol. The Bertz CT molecular complexity index is 1300. The fourth-order valence-corrected chi connectivity index (χ4v) is 4.46. The zero-order valence-corrected chi connectivity index (χ0v) is 22.1. The van der Waals surface area contributed by atoms with Crippen molar-refractivity contribution >= 4 is 45.7 Å². The van der Waals surface area contributed by atoms with Crippen LogP contribution in [-0.2, 0) is 4.79 Å². The molecule has 0 saturated carbocycles. The number of hydrogen-bond acceptors (Lipinski definition) is 7. The molecule has 36 heavy (non-hydrogen) atoms. The van der Waals surface area contributed by atoms with E-state index in [4.69, 9.17) is 21.3 Å². The molecule has 0 spiro atoms. The van der Waals surface area contributed by atoms with Crippen LogP contribution in [-0.4, -0.2) is 40.0 Å². The van der Waals surface area contributed by atoms with Gasteiger partial charge in [-0.25, -0.2) is 4.98 Å². The van der Waals surface area contributed by atoms with Crippen molar-refractivity contribution in [3.8, 4) is 5.75 Å². The lowest BCUT2D eigenvalue weighted by atomic mass is 10.00. The molecule has 1 aliphatic rings. The van der Waals surface area contributed by atoms with Crippen LogP contribution >= 0.6 is 11.6 Å². The van der Waals surface area contributed by atoms with E-state index < -0.39 is 0 Å². The maximum atomic E-state index is 13.2. The van der Waals surface area contributed by atoms with Crippen molar-refractivity contribution in [1.29, 1.82) is 0 Å². The Kier molecular flexibility index (Phi) is 8.14. The van der Waals surface area contributed by atoms with E-state index in [0.717, 1.165) is 48.9 Å². The number of carbonyl (C=O) groups is 1. The van der Waals surface area contributed by atoms with E-state index in [0.29, 0.717) is 29.1 Å². The second-order valence-electron chi connectivity index (χ2n) is 9.56. The summed E-state index contributed by atoms with van der Waals surface area (Å²) in [5, 5.41) is 4.56. The summed E-state index contributed by atoms with van der Waals surface area (Å²) >= 11 is 6.44. The fourth-order valence-electron chi connectivity index (χ4n) is 4.33. The minimum Gasteiger partial charge on any atom is -0.480 e. The van der Waals surface area contributed by atoms with Crippen LogP contribution in [0.2, 0.25) is 5.02 Å². The molecule has 3 heterocycles. The van der Waals surface area contributed by atoms with Gasteiger partial charge in [0.15, 0.2) is 17.4 Å². The van der Waals surface area contributed by atoms with Crippen LogP contribution in [0.4, 0.5) is 17.5 Å². The zero-order valence-electron chi connectivity index (χ0n) is 21.4. The molecule has 9 heteroatoms. The number of pyridine rings is 1. The van der Waals surface area contributed by atoms with Crippen molar-refractivity contribution in [2.75, 3.05) is 29.9 Å². The number of carbonyl (C=O) groups excluding carboxylic acids is 1. The van der Waals surface area contributed by atoms with E-state index in [9.17, 15) is 9.59 Å². The highest BCUT2D eigenvalue weighted by Crippen LogP contribution is 2.30. The largest absolute Gasteiger partial charge is 0.480 e. The number of benzene rings is 1. The molecule has 192 valence electrons. The first-order chi connectivity index (χ1) is 17.3. The second kappa shape index (κ2) is 11.3. The number of ether oxygens (including phenoxy) is 1. The molecule has 1 aromatic carbocycles. The molecule has 1 saturated heterocycles. The summed E-state index contributed by atoms with van der Waals surface area (Å²) in [6, 6.07) is 7.42. The summed E-state index contributed by atoms with van der Waals surface area (Å²) in [6.07, 6.45) is 5.00. The van der Waals surface area contributed by atoms with Gasteiger partial charge in [0.25, 0.3) is 5.56 Å². The van der Waals surface area contributed by atoms with Gasteiger partial charge in [0.2, 0.25) is 5.95 Å². The smallest absolute Gasteiger partial charge is 0.293 e. The molecule has 0 radical (unpaired) electrons. The maximum Gasteiger partial charge on any atom is 0.293 e. The average molecular weight is 512 g/mol. The Morgan fingerprint density at radius 2 is 2.00 bits per heavy atom. The third-order valence-corrected chi connectivity index (χ3v) is 7.16. The summed E-state index contributed by atoms with van der Waals surface area (Å²) in [5.41, 5.74) is 1.33. The Labute approximate surface area is 216 Å². The molecule has 8 nitrogen and oxygen atoms in total. The molecular formula is C27H34ClN5O3. The number of nitrogens with one attached hydrogen (secondary N) is 1. The van der Waals surface area contributed by atoms with E-state index >= 15 is 0 Å². The average Bonchev–Trinajstić information content (AvgIpc) is 2.88. The van der Waals surface area contributed by atoms with Gasteiger partial charge in [0, 0.05) is 36.6 Å². The highest BCUT2D eigenvalue weighted by Gasteiger charge is 2.20. The van der Waals surface area contributed by atoms with Crippen LogP contribution in [0.3, 0.4) is 0 Å². The van der Waals surface area contributed by atoms with Crippen molar-refractivity contribution in [2.24, 2.45) is 5.92 Å². The number of aromatic nitrogens is 3. The molecule has 0 amide bonds. The molecule has 1 atom stereocenters. The third-order valence-electron chi connectivity index (χ3n) is 6.88. The Balaban J connectivity index is 1.68. The number of piperidine rings is 1. The van der Waals surface area contributed by atoms with Crippen LogP contribution in [0.25, 0.3) is 10.9 Å². The standard InChI is InChI=1S/C27H34ClN5O3/c1-5-18(4)33-23-8-7-20(13-19(23)14-24(26(33)35)36-16-21(34)6-2)30-25-22(28)15-29-27(31-25)32-11-9-17(3)10-12-32/h7-8,13-15,17-18H,5-6,9-12,16H2,1-4H3,(H,29,30,31). The fraction of sp³-hybridized carbons (Fsp3) is 0.481. The molecule has 3 aromatic rings. The van der Waals surface area contributed by atoms with Crippen LogP contribution in [0.15, 0.2) is 35.3 Å². The topological polar surface area (TPSA) is 89.3 Å². The van der Waals surface area contributed by atoms with Gasteiger partial charge in [-0.15, -0.1) is 0 Å². The Hall–Kier alpha value is -3.13. The van der Waals surface area contributed by atoms with Crippen molar-refractivity contribution < 1.29 is 9.53 Å². The number of nitrogens with zero attached hydrogens (tertiary/aromatic N) is 4. The van der Waals surface area contributed by atoms with Gasteiger partial charge < -0.3 is 19.5 Å². The minimum absolute atomic E-state index is 0.0321. The van der Waals surface area contributed by atoms with E-state index in [2.05, 4.69) is 22.1 Å². The van der Waals surface area contributed by atoms with Crippen molar-refractivity contribution in [3.05, 3.63) is 45.8 Å². The number of halogens is 1. The second-order valence-corrected chi connectivity index (χ2v) is 9.96. The predicted molar refractivity (Wildman–Crippen MR) is 145 cm³/mol. The van der Waals surface area contributed by atoms with Crippen molar-refractivity contribution in [1.82, 2.24) is 14.5 Å². The van der Waals surface area contributed by atoms with Crippen LogP contribution in [0.5, 0.6) is 5.75 Å². The van der Waals surface area contributed by atoms with E-state index in [1.807, 2.05) is 32.0 Å². The van der Waals surface area contributed by atoms with Gasteiger partial charge in [-0.1, -0.05) is 32.4 Å². The lowest BCUT2D eigenvalue weighted by Gasteiger charge is -2.30. The predicted octanol–water partition coefficient (Wildman–Crippen LogP) is 5.75. The third kappa shape index (κ3) is 5.64. The van der Waals surface area contributed by atoms with Crippen molar-refractivity contribution in [3.63, 3.8) is 0 Å². The van der Waals surface area contributed by atoms with Gasteiger partial charge in [0.05, 0.1) is 11.7 Å². The summed E-state index contributed by atoms with van der Waals surface area (Å²) < 4.78 is 7.38. The molecule has 1 aliphatic heterocycles. The molecule has 1 unspecified atom stereocenters. The number of Topliss-reactive ketones (excluding diaryl/α,β-unsaturated/α-hetero) is 1. The highest BCUT2D eigenvalue weighted by atomic mass is 35.5. The first kappa shape index (κ1) is 25.9. The Morgan fingerprint density at radius 1 is 1.25 bits per heavy atom. The number of fused-ring (bicyclic) bond motifs is 1. The van der Waals surface area contributed by atoms with Crippen LogP contribution in [0.1, 0.15) is 59.4 Å². The summed E-state index contributed by atoms with van der Waals surface area (Å²) in [4.78, 5) is 36.3. The highest BCUT2D eigenvalue weighted by molar-refractivity contribution is 6.32. The first-order valence-corrected chi connectivity index (χ1v) is 13.1. The van der Waals surface area contributed by atoms with E-state index in [1.165, 1.54) is 0 Å². The van der Waals surface area contributed by atoms with Gasteiger partial charge in [0.1, 0.15) is 11.6 Å². The molecule has 0 aliphatic carbocycles. The van der Waals surface area contributed by atoms with Crippen LogP contribution < -0.4 is 20.5 Å². The normalized spacial score (nSPS) is 15.2. The van der Waals surface area contributed by atoms with E-state index in [1.54, 1.807) is 23.8 Å². The van der Waals surface area contributed by atoms with Gasteiger partial charge >= 0.3 is 0 Å². The first-order valence-electron chi connectivity index (χ1n) is 12.7. The van der Waals surface area contributed by atoms with Gasteiger partial charge in [-0.05, 0) is 56.4 Å². The molecule has 4 rings (SSSR count). The summed E-state index contributed by atoms with van der Waals surface area (Å²) in [6.45, 7) is 9.80. The zero-order chi connectivity index (χ0) is 25.8. The summed E-state index contributed by atoms with van der Waals surface area (Å²) in [7, 11) is 0. The lowest BCUT2D eigenvalue weighted by Crippen LogP contribution is -2.34. The van der Waals surface area contributed by atoms with Crippen LogP contribution in [0, 0.1) is 5.92 Å². The minimum atomic E-state index is -0.235. The van der Waals surface area contributed by atoms with Gasteiger partial charge in [-0.3, -0.25) is 9.59 Å². The number of rotatable bonds is 9. The molecule has 2 aromatic heterocycles. The SMILES string of the molecule is CCC(=O)COc1cc2cc(Nc3nc(N4CCC(C)CC4)ncc3Cl)ccc2n(C(C)CC)c1=O. The quantitative estimate of drug-likeness (QED) is 0.391. The van der Waals surface area contributed by atoms with E-state index in [-0.39, 0.29) is 29.7 Å². The number of hydrogen-bond donors (Lipinski definition) is 1. The number of anilines is 3. The molecular weight excluding hydrogens is 478 g/mol. The lowest BCUT2D eigenvalue weighted by molar-refractivity contribution is -0.120. The summed E-state index contributed by atoms with van der Waals surface area (Å²) in [5.74, 6) is 2.02. The Morgan fingerprint density at radius 3 is 2.69 bits per heavy atom. The number of ketones is 1. The molecule has 1 N–H and O–H groups in total. The van der Waals surface area contributed by atoms with Gasteiger partial charge in [-0.2, -0.15) is 4.98 Å². The van der Waals surface area contributed by atoms with Crippen molar-refractivity contribution in [2.45, 2.75) is 59.4 Å². The maximum absolute atomic E-state index is 13.2. The molecule has 1 fully saturated rings.